The van der Waals surface area contributed by atoms with Crippen LogP contribution in [0.4, 0.5) is 0 Å². The van der Waals surface area contributed by atoms with Crippen LogP contribution in [0.2, 0.25) is 0 Å². The summed E-state index contributed by atoms with van der Waals surface area (Å²) >= 11 is 4.78. The van der Waals surface area contributed by atoms with E-state index in [4.69, 9.17) is 0 Å². The van der Waals surface area contributed by atoms with E-state index in [1.165, 1.54) is 24.6 Å². The first kappa shape index (κ1) is 18.5. The van der Waals surface area contributed by atoms with E-state index in [0.29, 0.717) is 34.6 Å². The van der Waals surface area contributed by atoms with Gasteiger partial charge in [-0.1, -0.05) is 66.5 Å². The molecule has 1 heterocycles. The molecule has 0 unspecified atom stereocenters. The average molecular weight is 423 g/mol. The Bertz CT molecular complexity index is 718. The number of carbonyl (C=O) groups is 1. The Morgan fingerprint density at radius 2 is 2.08 bits per heavy atom. The minimum Gasteiger partial charge on any atom is -0.352 e. The molecule has 1 saturated carbocycles. The summed E-state index contributed by atoms with van der Waals surface area (Å²) in [4.78, 5) is 16.7. The SMILES string of the molecule is C[C@@H]1[C@H](C)CCC[C@@H]1NC(=O)CSc1n[nH]c(-c2ccc(Br)cc2)n1. The number of hydrogen-bond acceptors (Lipinski definition) is 4. The predicted octanol–water partition coefficient (Wildman–Crippen LogP) is 4.27. The summed E-state index contributed by atoms with van der Waals surface area (Å²) in [5.41, 5.74) is 0.969. The zero-order chi connectivity index (χ0) is 17.8. The largest absolute Gasteiger partial charge is 0.352 e. The number of hydrogen-bond donors (Lipinski definition) is 2. The van der Waals surface area contributed by atoms with Crippen LogP contribution in [-0.4, -0.2) is 32.9 Å². The number of thioether (sulfide) groups is 1. The molecule has 1 amide bonds. The van der Waals surface area contributed by atoms with E-state index in [9.17, 15) is 4.79 Å². The minimum atomic E-state index is 0.0611. The van der Waals surface area contributed by atoms with Crippen molar-refractivity contribution in [2.45, 2.75) is 44.3 Å². The third kappa shape index (κ3) is 4.85. The molecule has 1 aromatic carbocycles. The first-order valence-corrected chi connectivity index (χ1v) is 10.4. The number of benzene rings is 1. The molecule has 7 heteroatoms. The van der Waals surface area contributed by atoms with E-state index in [1.807, 2.05) is 24.3 Å². The van der Waals surface area contributed by atoms with Crippen molar-refractivity contribution in [2.24, 2.45) is 11.8 Å². The summed E-state index contributed by atoms with van der Waals surface area (Å²) in [6.45, 7) is 4.51. The van der Waals surface area contributed by atoms with Crippen LogP contribution in [0, 0.1) is 11.8 Å². The second-order valence-electron chi connectivity index (χ2n) is 6.70. The van der Waals surface area contributed by atoms with E-state index < -0.39 is 0 Å². The molecule has 1 aliphatic carbocycles. The molecule has 3 rings (SSSR count). The Hall–Kier alpha value is -1.34. The fourth-order valence-electron chi connectivity index (χ4n) is 3.21. The van der Waals surface area contributed by atoms with Crippen molar-refractivity contribution in [3.05, 3.63) is 28.7 Å². The molecule has 0 bridgehead atoms. The maximum Gasteiger partial charge on any atom is 0.230 e. The lowest BCUT2D eigenvalue weighted by atomic mass is 9.78. The van der Waals surface area contributed by atoms with E-state index in [2.05, 4.69) is 50.3 Å². The highest BCUT2D eigenvalue weighted by molar-refractivity contribution is 9.10. The smallest absolute Gasteiger partial charge is 0.230 e. The average Bonchev–Trinajstić information content (AvgIpc) is 3.07. The van der Waals surface area contributed by atoms with Crippen LogP contribution in [0.15, 0.2) is 33.9 Å². The summed E-state index contributed by atoms with van der Waals surface area (Å²) in [6, 6.07) is 8.16. The van der Waals surface area contributed by atoms with Gasteiger partial charge >= 0.3 is 0 Å². The molecule has 3 atom stereocenters. The van der Waals surface area contributed by atoms with Crippen molar-refractivity contribution in [1.29, 1.82) is 0 Å². The van der Waals surface area contributed by atoms with Gasteiger partial charge in [0, 0.05) is 16.1 Å². The van der Waals surface area contributed by atoms with Crippen LogP contribution in [0.1, 0.15) is 33.1 Å². The maximum absolute atomic E-state index is 12.2. The van der Waals surface area contributed by atoms with E-state index >= 15 is 0 Å². The van der Waals surface area contributed by atoms with Gasteiger partial charge in [0.1, 0.15) is 0 Å². The molecule has 1 aliphatic rings. The maximum atomic E-state index is 12.2. The number of amides is 1. The van der Waals surface area contributed by atoms with Crippen molar-refractivity contribution in [1.82, 2.24) is 20.5 Å². The van der Waals surface area contributed by atoms with Crippen molar-refractivity contribution in [3.63, 3.8) is 0 Å². The molecule has 25 heavy (non-hydrogen) atoms. The van der Waals surface area contributed by atoms with Gasteiger partial charge in [0.05, 0.1) is 5.75 Å². The van der Waals surface area contributed by atoms with Gasteiger partial charge < -0.3 is 5.32 Å². The molecule has 134 valence electrons. The standard InChI is InChI=1S/C18H23BrN4OS/c1-11-4-3-5-15(12(11)2)20-16(24)10-25-18-21-17(22-23-18)13-6-8-14(19)9-7-13/h6-9,11-12,15H,3-5,10H2,1-2H3,(H,20,24)(H,21,22,23)/t11-,12-,15+/m1/s1. The molecule has 1 aromatic heterocycles. The molecule has 0 saturated heterocycles. The van der Waals surface area contributed by atoms with Gasteiger partial charge in [-0.3, -0.25) is 9.89 Å². The summed E-state index contributed by atoms with van der Waals surface area (Å²) in [7, 11) is 0. The molecule has 2 N–H and O–H groups in total. The number of H-pyrrole nitrogens is 1. The van der Waals surface area contributed by atoms with Crippen molar-refractivity contribution in [2.75, 3.05) is 5.75 Å². The lowest BCUT2D eigenvalue weighted by Crippen LogP contribution is -2.44. The third-order valence-corrected chi connectivity index (χ3v) is 6.34. The van der Waals surface area contributed by atoms with Crippen molar-refractivity contribution in [3.8, 4) is 11.4 Å². The van der Waals surface area contributed by atoms with Crippen molar-refractivity contribution >= 4 is 33.6 Å². The lowest BCUT2D eigenvalue weighted by molar-refractivity contribution is -0.120. The van der Waals surface area contributed by atoms with E-state index in [0.717, 1.165) is 16.5 Å². The van der Waals surface area contributed by atoms with Crippen LogP contribution >= 0.6 is 27.7 Å². The van der Waals surface area contributed by atoms with Crippen LogP contribution in [0.5, 0.6) is 0 Å². The van der Waals surface area contributed by atoms with Gasteiger partial charge in [0.15, 0.2) is 5.82 Å². The molecular weight excluding hydrogens is 400 g/mol. The third-order valence-electron chi connectivity index (χ3n) is 4.97. The van der Waals surface area contributed by atoms with Crippen molar-refractivity contribution < 1.29 is 4.79 Å². The summed E-state index contributed by atoms with van der Waals surface area (Å²) in [5.74, 6) is 2.33. The van der Waals surface area contributed by atoms with Gasteiger partial charge in [-0.25, -0.2) is 4.98 Å². The van der Waals surface area contributed by atoms with E-state index in [-0.39, 0.29) is 5.91 Å². The zero-order valence-corrected chi connectivity index (χ0v) is 16.9. The number of aromatic amines is 1. The Morgan fingerprint density at radius 3 is 2.84 bits per heavy atom. The second kappa shape index (κ2) is 8.36. The Morgan fingerprint density at radius 1 is 1.32 bits per heavy atom. The quantitative estimate of drug-likeness (QED) is 0.705. The lowest BCUT2D eigenvalue weighted by Gasteiger charge is -2.34. The van der Waals surface area contributed by atoms with Crippen LogP contribution in [-0.2, 0) is 4.79 Å². The molecule has 0 radical (unpaired) electrons. The highest BCUT2D eigenvalue weighted by Crippen LogP contribution is 2.29. The minimum absolute atomic E-state index is 0.0611. The number of rotatable bonds is 5. The van der Waals surface area contributed by atoms with E-state index in [1.54, 1.807) is 0 Å². The molecule has 1 fully saturated rings. The second-order valence-corrected chi connectivity index (χ2v) is 8.56. The Balaban J connectivity index is 1.52. The fourth-order valence-corrected chi connectivity index (χ4v) is 4.09. The van der Waals surface area contributed by atoms with Crippen LogP contribution in [0.25, 0.3) is 11.4 Å². The highest BCUT2D eigenvalue weighted by atomic mass is 79.9. The van der Waals surface area contributed by atoms with Gasteiger partial charge in [-0.05, 0) is 30.4 Å². The number of nitrogens with zero attached hydrogens (tertiary/aromatic N) is 2. The molecule has 2 aromatic rings. The zero-order valence-electron chi connectivity index (χ0n) is 14.5. The summed E-state index contributed by atoms with van der Waals surface area (Å²) in [6.07, 6.45) is 3.54. The number of nitrogens with one attached hydrogen (secondary N) is 2. The number of aromatic nitrogens is 3. The molecular formula is C18H23BrN4OS. The first-order chi connectivity index (χ1) is 12.0. The monoisotopic (exact) mass is 422 g/mol. The van der Waals surface area contributed by atoms with Gasteiger partial charge in [-0.2, -0.15) is 0 Å². The van der Waals surface area contributed by atoms with Crippen LogP contribution < -0.4 is 5.32 Å². The summed E-state index contributed by atoms with van der Waals surface area (Å²) < 4.78 is 1.02. The van der Waals surface area contributed by atoms with Gasteiger partial charge in [-0.15, -0.1) is 5.10 Å². The highest BCUT2D eigenvalue weighted by Gasteiger charge is 2.28. The Kier molecular flexibility index (Phi) is 6.17. The normalized spacial score (nSPS) is 23.4. The Labute approximate surface area is 160 Å². The van der Waals surface area contributed by atoms with Crippen LogP contribution in [0.3, 0.4) is 0 Å². The molecule has 0 spiro atoms. The summed E-state index contributed by atoms with van der Waals surface area (Å²) in [5, 5.41) is 10.9. The first-order valence-electron chi connectivity index (χ1n) is 8.63. The van der Waals surface area contributed by atoms with Gasteiger partial charge in [0.25, 0.3) is 0 Å². The molecule has 5 nitrogen and oxygen atoms in total. The fraction of sp³-hybridized carbons (Fsp3) is 0.500. The van der Waals surface area contributed by atoms with Gasteiger partial charge in [0.2, 0.25) is 11.1 Å². The molecule has 0 aliphatic heterocycles. The number of carbonyl (C=O) groups excluding carboxylic acids is 1. The topological polar surface area (TPSA) is 70.7 Å². The predicted molar refractivity (Wildman–Crippen MR) is 104 cm³/mol. The number of halogens is 1.